The predicted octanol–water partition coefficient (Wildman–Crippen LogP) is 5.64. The van der Waals surface area contributed by atoms with Crippen molar-refractivity contribution in [2.24, 2.45) is 0 Å². The fraction of sp³-hybridized carbons (Fsp3) is 0.722. The minimum atomic E-state index is 0.0836. The minimum Gasteiger partial charge on any atom is -0.375 e. The average molecular weight is 277 g/mol. The zero-order valence-corrected chi connectivity index (χ0v) is 13.7. The molecule has 0 saturated carbocycles. The molecule has 0 saturated heterocycles. The van der Waals surface area contributed by atoms with Gasteiger partial charge in [-0.25, -0.2) is 0 Å². The van der Waals surface area contributed by atoms with Gasteiger partial charge in [-0.1, -0.05) is 52.0 Å². The van der Waals surface area contributed by atoms with Crippen LogP contribution in [0.3, 0.4) is 0 Å². The molecule has 1 aromatic heterocycles. The predicted molar refractivity (Wildman–Crippen MR) is 86.1 cm³/mol. The van der Waals surface area contributed by atoms with Crippen LogP contribution in [0.25, 0.3) is 0 Å². The normalized spacial score (nSPS) is 14.2. The van der Waals surface area contributed by atoms with Crippen molar-refractivity contribution in [3.05, 3.63) is 29.6 Å². The van der Waals surface area contributed by atoms with Gasteiger partial charge in [-0.2, -0.15) is 0 Å². The molecule has 0 radical (unpaired) electrons. The number of aromatic nitrogens is 1. The van der Waals surface area contributed by atoms with Gasteiger partial charge in [0, 0.05) is 13.3 Å². The lowest BCUT2D eigenvalue weighted by Crippen LogP contribution is -2.08. The third-order valence-corrected chi connectivity index (χ3v) is 4.20. The molecule has 1 rings (SSSR count). The van der Waals surface area contributed by atoms with Gasteiger partial charge in [0.25, 0.3) is 0 Å². The molecule has 0 aliphatic heterocycles. The molecule has 0 aromatic carbocycles. The summed E-state index contributed by atoms with van der Waals surface area (Å²) >= 11 is 0. The molecule has 0 aliphatic carbocycles. The standard InChI is InChI=1S/C18H31NO/c1-5-7-8-9-10-12-16(6-2)17-13-11-14-19-18(17)15(3)20-4/h11,13-16H,5-10,12H2,1-4H3/t15-,16?/m0/s1. The maximum absolute atomic E-state index is 5.47. The lowest BCUT2D eigenvalue weighted by Gasteiger charge is -2.21. The van der Waals surface area contributed by atoms with Gasteiger partial charge in [-0.3, -0.25) is 4.98 Å². The summed E-state index contributed by atoms with van der Waals surface area (Å²) in [4.78, 5) is 4.55. The van der Waals surface area contributed by atoms with E-state index in [1.54, 1.807) is 7.11 Å². The van der Waals surface area contributed by atoms with Crippen LogP contribution in [0.15, 0.2) is 18.3 Å². The Morgan fingerprint density at radius 1 is 1.15 bits per heavy atom. The van der Waals surface area contributed by atoms with Gasteiger partial charge < -0.3 is 4.74 Å². The van der Waals surface area contributed by atoms with E-state index in [1.165, 1.54) is 50.5 Å². The number of hydrogen-bond donors (Lipinski definition) is 0. The minimum absolute atomic E-state index is 0.0836. The molecule has 1 aromatic rings. The molecular weight excluding hydrogens is 246 g/mol. The highest BCUT2D eigenvalue weighted by Gasteiger charge is 2.17. The monoisotopic (exact) mass is 277 g/mol. The Morgan fingerprint density at radius 2 is 1.90 bits per heavy atom. The first kappa shape index (κ1) is 17.2. The van der Waals surface area contributed by atoms with E-state index < -0.39 is 0 Å². The summed E-state index contributed by atoms with van der Waals surface area (Å²) in [6.07, 6.45) is 11.2. The number of methoxy groups -OCH3 is 1. The molecule has 1 unspecified atom stereocenters. The first-order valence-electron chi connectivity index (χ1n) is 8.22. The van der Waals surface area contributed by atoms with Crippen LogP contribution >= 0.6 is 0 Å². The summed E-state index contributed by atoms with van der Waals surface area (Å²) < 4.78 is 5.47. The molecule has 1 heterocycles. The molecule has 0 N–H and O–H groups in total. The zero-order valence-electron chi connectivity index (χ0n) is 13.7. The number of pyridine rings is 1. The van der Waals surface area contributed by atoms with Crippen molar-refractivity contribution in [2.45, 2.75) is 77.7 Å². The third kappa shape index (κ3) is 5.24. The molecule has 0 aliphatic rings. The molecule has 0 bridgehead atoms. The van der Waals surface area contributed by atoms with Gasteiger partial charge in [0.15, 0.2) is 0 Å². The molecule has 2 heteroatoms. The van der Waals surface area contributed by atoms with Crippen LogP contribution < -0.4 is 0 Å². The Kier molecular flexibility index (Phi) is 8.52. The second-order valence-corrected chi connectivity index (χ2v) is 5.66. The maximum atomic E-state index is 5.47. The highest BCUT2D eigenvalue weighted by Crippen LogP contribution is 2.31. The third-order valence-electron chi connectivity index (χ3n) is 4.20. The van der Waals surface area contributed by atoms with Crippen LogP contribution in [-0.2, 0) is 4.74 Å². The quantitative estimate of drug-likeness (QED) is 0.516. The summed E-state index contributed by atoms with van der Waals surface area (Å²) in [5, 5.41) is 0. The van der Waals surface area contributed by atoms with E-state index in [0.29, 0.717) is 5.92 Å². The van der Waals surface area contributed by atoms with E-state index in [2.05, 4.69) is 37.9 Å². The van der Waals surface area contributed by atoms with Gasteiger partial charge in [0.2, 0.25) is 0 Å². The SMILES string of the molecule is CCCCCCCC(CC)c1cccnc1[C@H](C)OC. The summed E-state index contributed by atoms with van der Waals surface area (Å²) in [5.74, 6) is 0.623. The average Bonchev–Trinajstić information content (AvgIpc) is 2.50. The molecule has 2 nitrogen and oxygen atoms in total. The summed E-state index contributed by atoms with van der Waals surface area (Å²) in [6, 6.07) is 4.29. The van der Waals surface area contributed by atoms with E-state index in [4.69, 9.17) is 4.74 Å². The number of unbranched alkanes of at least 4 members (excludes halogenated alkanes) is 4. The van der Waals surface area contributed by atoms with Gasteiger partial charge in [0.1, 0.15) is 0 Å². The van der Waals surface area contributed by atoms with Crippen LogP contribution in [0.5, 0.6) is 0 Å². The molecule has 0 fully saturated rings. The largest absolute Gasteiger partial charge is 0.375 e. The number of rotatable bonds is 10. The number of hydrogen-bond acceptors (Lipinski definition) is 2. The summed E-state index contributed by atoms with van der Waals surface area (Å²) in [6.45, 7) is 6.63. The zero-order chi connectivity index (χ0) is 14.8. The number of nitrogens with zero attached hydrogens (tertiary/aromatic N) is 1. The van der Waals surface area contributed by atoms with Crippen molar-refractivity contribution < 1.29 is 4.74 Å². The molecule has 0 amide bonds. The Balaban J connectivity index is 2.64. The highest BCUT2D eigenvalue weighted by molar-refractivity contribution is 5.25. The highest BCUT2D eigenvalue weighted by atomic mass is 16.5. The lowest BCUT2D eigenvalue weighted by atomic mass is 9.88. The second-order valence-electron chi connectivity index (χ2n) is 5.66. The van der Waals surface area contributed by atoms with Crippen LogP contribution in [-0.4, -0.2) is 12.1 Å². The maximum Gasteiger partial charge on any atom is 0.0965 e. The summed E-state index contributed by atoms with van der Waals surface area (Å²) in [5.41, 5.74) is 2.51. The van der Waals surface area contributed by atoms with Crippen LogP contribution in [0.1, 0.15) is 89.0 Å². The molecular formula is C18H31NO. The van der Waals surface area contributed by atoms with E-state index in [-0.39, 0.29) is 6.10 Å². The van der Waals surface area contributed by atoms with Crippen molar-refractivity contribution in [3.8, 4) is 0 Å². The van der Waals surface area contributed by atoms with Crippen LogP contribution in [0.2, 0.25) is 0 Å². The Morgan fingerprint density at radius 3 is 2.55 bits per heavy atom. The molecule has 20 heavy (non-hydrogen) atoms. The van der Waals surface area contributed by atoms with Gasteiger partial charge >= 0.3 is 0 Å². The van der Waals surface area contributed by atoms with E-state index in [9.17, 15) is 0 Å². The summed E-state index contributed by atoms with van der Waals surface area (Å²) in [7, 11) is 1.76. The van der Waals surface area contributed by atoms with Crippen molar-refractivity contribution in [1.82, 2.24) is 4.98 Å². The van der Waals surface area contributed by atoms with Crippen molar-refractivity contribution in [1.29, 1.82) is 0 Å². The van der Waals surface area contributed by atoms with Crippen molar-refractivity contribution >= 4 is 0 Å². The lowest BCUT2D eigenvalue weighted by molar-refractivity contribution is 0.114. The second kappa shape index (κ2) is 9.93. The fourth-order valence-electron chi connectivity index (χ4n) is 2.80. The van der Waals surface area contributed by atoms with Gasteiger partial charge in [-0.15, -0.1) is 0 Å². The van der Waals surface area contributed by atoms with Crippen LogP contribution in [0.4, 0.5) is 0 Å². The first-order chi connectivity index (χ1) is 9.74. The molecule has 114 valence electrons. The van der Waals surface area contributed by atoms with Crippen molar-refractivity contribution in [3.63, 3.8) is 0 Å². The fourth-order valence-corrected chi connectivity index (χ4v) is 2.80. The van der Waals surface area contributed by atoms with Gasteiger partial charge in [-0.05, 0) is 37.3 Å². The van der Waals surface area contributed by atoms with Crippen molar-refractivity contribution in [2.75, 3.05) is 7.11 Å². The number of ether oxygens (including phenoxy) is 1. The first-order valence-corrected chi connectivity index (χ1v) is 8.22. The molecule has 0 spiro atoms. The Bertz CT molecular complexity index is 364. The Hall–Kier alpha value is -0.890. The van der Waals surface area contributed by atoms with Crippen LogP contribution in [0, 0.1) is 0 Å². The topological polar surface area (TPSA) is 22.1 Å². The van der Waals surface area contributed by atoms with E-state index in [1.807, 2.05) is 6.20 Å². The van der Waals surface area contributed by atoms with Gasteiger partial charge in [0.05, 0.1) is 11.8 Å². The van der Waals surface area contributed by atoms with E-state index >= 15 is 0 Å². The van der Waals surface area contributed by atoms with E-state index in [0.717, 1.165) is 5.69 Å². The molecule has 2 atom stereocenters. The smallest absolute Gasteiger partial charge is 0.0965 e. The Labute approximate surface area is 125 Å².